The Labute approximate surface area is 285 Å². The van der Waals surface area contributed by atoms with Crippen molar-refractivity contribution in [3.05, 3.63) is 137 Å². The maximum Gasteiger partial charge on any atom is 0.335 e. The Bertz CT molecular complexity index is 1840. The summed E-state index contributed by atoms with van der Waals surface area (Å²) >= 11 is 0. The van der Waals surface area contributed by atoms with Crippen molar-refractivity contribution in [1.82, 2.24) is 20.3 Å². The fraction of sp³-hybridized carbons (Fsp3) is 0.250. The molecule has 49 heavy (non-hydrogen) atoms. The summed E-state index contributed by atoms with van der Waals surface area (Å²) in [6.07, 6.45) is 5.19. The van der Waals surface area contributed by atoms with Crippen molar-refractivity contribution < 1.29 is 27.9 Å². The maximum absolute atomic E-state index is 13.8. The molecular formula is C36H40N6O6S. The minimum atomic E-state index is -4.12. The molecule has 0 saturated carbocycles. The van der Waals surface area contributed by atoms with Gasteiger partial charge in [0, 0.05) is 24.5 Å². The van der Waals surface area contributed by atoms with Gasteiger partial charge >= 0.3 is 5.97 Å². The molecule has 4 aromatic rings. The number of carbonyl (C=O) groups is 3. The van der Waals surface area contributed by atoms with Crippen LogP contribution in [-0.2, 0) is 44.8 Å². The molecule has 256 valence electrons. The molecular weight excluding hydrogens is 644 g/mol. The van der Waals surface area contributed by atoms with Crippen LogP contribution in [0.15, 0.2) is 103 Å². The van der Waals surface area contributed by atoms with Crippen LogP contribution in [-0.4, -0.2) is 54.2 Å². The van der Waals surface area contributed by atoms with Crippen LogP contribution in [0.2, 0.25) is 0 Å². The normalized spacial score (nSPS) is 12.4. The Morgan fingerprint density at radius 3 is 2.10 bits per heavy atom. The van der Waals surface area contributed by atoms with Crippen molar-refractivity contribution in [2.24, 2.45) is 5.73 Å². The number of nitrogens with one attached hydrogen (secondary N) is 4. The monoisotopic (exact) mass is 684 g/mol. The Balaban J connectivity index is 1.51. The summed E-state index contributed by atoms with van der Waals surface area (Å²) in [5.41, 5.74) is 8.99. The third-order valence-electron chi connectivity index (χ3n) is 7.81. The van der Waals surface area contributed by atoms with E-state index in [0.717, 1.165) is 16.7 Å². The van der Waals surface area contributed by atoms with Crippen molar-refractivity contribution in [1.29, 1.82) is 5.41 Å². The third kappa shape index (κ3) is 12.0. The van der Waals surface area contributed by atoms with E-state index in [9.17, 15) is 27.9 Å². The van der Waals surface area contributed by atoms with E-state index in [1.54, 1.807) is 36.7 Å². The van der Waals surface area contributed by atoms with E-state index in [0.29, 0.717) is 24.8 Å². The number of aromatic carboxylic acids is 1. The standard InChI is InChI=1S/C36H40N6O6S/c37-33(38)29-15-12-27(13-16-29)23-40-34(43)31(17-14-25-6-2-1-3-7-25)41-35(44)32(11-5-8-26-18-20-39-21-19-26)42-49(47,48)24-28-9-4-10-30(22-28)36(45)46/h1-4,6-7,9-10,12-13,15-16,18-22,31-32,42H,5,8,11,14,17,23-24H2,(H3,37,38)(H,40,43)(H,41,44)(H,45,46). The summed E-state index contributed by atoms with van der Waals surface area (Å²) in [6.45, 7) is 0.159. The molecule has 2 unspecified atom stereocenters. The predicted molar refractivity (Wildman–Crippen MR) is 186 cm³/mol. The number of pyridine rings is 1. The highest BCUT2D eigenvalue weighted by atomic mass is 32.2. The van der Waals surface area contributed by atoms with Gasteiger partial charge in [-0.25, -0.2) is 17.9 Å². The number of nitrogen functional groups attached to an aromatic ring is 1. The van der Waals surface area contributed by atoms with Gasteiger partial charge in [0.15, 0.2) is 0 Å². The SMILES string of the molecule is N=C(N)c1ccc(CNC(=O)C(CCc2ccccc2)NC(=O)C(CCCc2ccncc2)NS(=O)(=O)Cc2cccc(C(=O)O)c2)cc1. The number of amidine groups is 1. The summed E-state index contributed by atoms with van der Waals surface area (Å²) in [7, 11) is -4.12. The van der Waals surface area contributed by atoms with E-state index in [1.165, 1.54) is 24.3 Å². The van der Waals surface area contributed by atoms with Gasteiger partial charge in [0.1, 0.15) is 17.9 Å². The molecule has 0 radical (unpaired) electrons. The summed E-state index contributed by atoms with van der Waals surface area (Å²) in [5.74, 6) is -2.89. The zero-order valence-electron chi connectivity index (χ0n) is 26.8. The molecule has 0 fully saturated rings. The van der Waals surface area contributed by atoms with Crippen LogP contribution in [0, 0.1) is 5.41 Å². The van der Waals surface area contributed by atoms with E-state index in [4.69, 9.17) is 11.1 Å². The lowest BCUT2D eigenvalue weighted by Gasteiger charge is -2.23. The number of carboxylic acids is 1. The molecule has 4 rings (SSSR count). The van der Waals surface area contributed by atoms with E-state index in [1.807, 2.05) is 42.5 Å². The Morgan fingerprint density at radius 2 is 1.43 bits per heavy atom. The highest BCUT2D eigenvalue weighted by Gasteiger charge is 2.29. The molecule has 0 aliphatic carbocycles. The first-order valence-electron chi connectivity index (χ1n) is 15.8. The third-order valence-corrected chi connectivity index (χ3v) is 9.16. The number of hydrogen-bond donors (Lipinski definition) is 6. The number of amides is 2. The first kappa shape index (κ1) is 36.4. The van der Waals surface area contributed by atoms with Gasteiger partial charge in [-0.2, -0.15) is 0 Å². The van der Waals surface area contributed by atoms with Crippen LogP contribution in [0.25, 0.3) is 0 Å². The molecule has 0 aliphatic heterocycles. The quantitative estimate of drug-likeness (QED) is 0.0676. The Hall–Kier alpha value is -5.40. The van der Waals surface area contributed by atoms with Crippen LogP contribution in [0.5, 0.6) is 0 Å². The first-order chi connectivity index (χ1) is 23.5. The van der Waals surface area contributed by atoms with Crippen molar-refractivity contribution >= 4 is 33.6 Å². The second-order valence-corrected chi connectivity index (χ2v) is 13.4. The molecule has 3 aromatic carbocycles. The van der Waals surface area contributed by atoms with Gasteiger partial charge in [-0.1, -0.05) is 66.7 Å². The van der Waals surface area contributed by atoms with Gasteiger partial charge in [0.05, 0.1) is 11.3 Å². The van der Waals surface area contributed by atoms with E-state index in [-0.39, 0.29) is 36.3 Å². The molecule has 0 saturated heterocycles. The number of aryl methyl sites for hydroxylation is 2. The molecule has 2 atom stereocenters. The predicted octanol–water partition coefficient (Wildman–Crippen LogP) is 3.31. The van der Waals surface area contributed by atoms with Crippen molar-refractivity contribution in [3.8, 4) is 0 Å². The Morgan fingerprint density at radius 1 is 0.755 bits per heavy atom. The van der Waals surface area contributed by atoms with Gasteiger partial charge in [-0.15, -0.1) is 0 Å². The minimum absolute atomic E-state index is 0.0543. The molecule has 0 bridgehead atoms. The number of carboxylic acid groups (broad SMARTS) is 1. The summed E-state index contributed by atoms with van der Waals surface area (Å²) < 4.78 is 29.2. The van der Waals surface area contributed by atoms with Gasteiger partial charge in [0.25, 0.3) is 0 Å². The van der Waals surface area contributed by atoms with Crippen molar-refractivity contribution in [3.63, 3.8) is 0 Å². The van der Waals surface area contributed by atoms with Gasteiger partial charge in [-0.05, 0) is 78.6 Å². The fourth-order valence-electron chi connectivity index (χ4n) is 5.19. The van der Waals surface area contributed by atoms with Crippen LogP contribution in [0.1, 0.15) is 57.4 Å². The topological polar surface area (TPSA) is 204 Å². The Kier molecular flexibility index (Phi) is 13.1. The number of sulfonamides is 1. The van der Waals surface area contributed by atoms with Gasteiger partial charge < -0.3 is 21.5 Å². The molecule has 0 aliphatic rings. The number of aromatic nitrogens is 1. The zero-order chi connectivity index (χ0) is 35.2. The maximum atomic E-state index is 13.8. The van der Waals surface area contributed by atoms with Crippen LogP contribution in [0.4, 0.5) is 0 Å². The number of hydrogen-bond acceptors (Lipinski definition) is 7. The molecule has 0 spiro atoms. The van der Waals surface area contributed by atoms with Crippen LogP contribution in [0.3, 0.4) is 0 Å². The number of rotatable bonds is 18. The number of nitrogens with zero attached hydrogens (tertiary/aromatic N) is 1. The van der Waals surface area contributed by atoms with Gasteiger partial charge in [0.2, 0.25) is 21.8 Å². The number of benzene rings is 3. The highest BCUT2D eigenvalue weighted by molar-refractivity contribution is 7.88. The smallest absolute Gasteiger partial charge is 0.335 e. The lowest BCUT2D eigenvalue weighted by molar-refractivity contribution is -0.130. The van der Waals surface area contributed by atoms with Gasteiger partial charge in [-0.3, -0.25) is 20.0 Å². The second-order valence-electron chi connectivity index (χ2n) is 11.6. The summed E-state index contributed by atoms with van der Waals surface area (Å²) in [6, 6.07) is 23.4. The lowest BCUT2D eigenvalue weighted by atomic mass is 10.0. The number of carbonyl (C=O) groups excluding carboxylic acids is 2. The first-order valence-corrected chi connectivity index (χ1v) is 17.4. The summed E-state index contributed by atoms with van der Waals surface area (Å²) in [4.78, 5) is 42.8. The molecule has 1 heterocycles. The van der Waals surface area contributed by atoms with Crippen LogP contribution >= 0.6 is 0 Å². The fourth-order valence-corrected chi connectivity index (χ4v) is 6.55. The summed E-state index contributed by atoms with van der Waals surface area (Å²) in [5, 5.41) is 22.6. The molecule has 7 N–H and O–H groups in total. The molecule has 1 aromatic heterocycles. The van der Waals surface area contributed by atoms with E-state index >= 15 is 0 Å². The zero-order valence-corrected chi connectivity index (χ0v) is 27.7. The number of nitrogens with two attached hydrogens (primary N) is 1. The molecule has 12 nitrogen and oxygen atoms in total. The van der Waals surface area contributed by atoms with E-state index in [2.05, 4.69) is 20.3 Å². The van der Waals surface area contributed by atoms with Crippen molar-refractivity contribution in [2.75, 3.05) is 0 Å². The second kappa shape index (κ2) is 17.7. The largest absolute Gasteiger partial charge is 0.478 e. The molecule has 2 amide bonds. The minimum Gasteiger partial charge on any atom is -0.478 e. The lowest BCUT2D eigenvalue weighted by Crippen LogP contribution is -2.53. The van der Waals surface area contributed by atoms with Crippen LogP contribution < -0.4 is 21.1 Å². The van der Waals surface area contributed by atoms with Crippen molar-refractivity contribution in [2.45, 2.75) is 56.5 Å². The molecule has 13 heteroatoms. The van der Waals surface area contributed by atoms with E-state index < -0.39 is 45.6 Å². The average Bonchev–Trinajstić information content (AvgIpc) is 3.09. The highest BCUT2D eigenvalue weighted by Crippen LogP contribution is 2.13. The average molecular weight is 685 g/mol.